The first kappa shape index (κ1) is 11.4. The van der Waals surface area contributed by atoms with Crippen LogP contribution in [0, 0.1) is 0 Å². The number of primary amides is 1. The molecule has 5 nitrogen and oxygen atoms in total. The number of aliphatic imine (C=N–C) groups is 1. The summed E-state index contributed by atoms with van der Waals surface area (Å²) in [5, 5.41) is 5.91. The Hall–Kier alpha value is -1.65. The SMILES string of the molecule is CC1=CC(C)=NC(C)N1/N=C\CC(N)=O. The lowest BCUT2D eigenvalue weighted by molar-refractivity contribution is -0.116. The molecule has 0 bridgehead atoms. The van der Waals surface area contributed by atoms with Gasteiger partial charge in [0.25, 0.3) is 0 Å². The van der Waals surface area contributed by atoms with Gasteiger partial charge in [0.2, 0.25) is 5.91 Å². The maximum atomic E-state index is 10.5. The summed E-state index contributed by atoms with van der Waals surface area (Å²) in [5.74, 6) is -0.385. The molecular weight excluding hydrogens is 192 g/mol. The molecule has 1 heterocycles. The maximum Gasteiger partial charge on any atom is 0.222 e. The zero-order valence-corrected chi connectivity index (χ0v) is 9.27. The van der Waals surface area contributed by atoms with Gasteiger partial charge in [-0.3, -0.25) is 9.79 Å². The molecule has 1 amide bonds. The Morgan fingerprint density at radius 3 is 2.93 bits per heavy atom. The highest BCUT2D eigenvalue weighted by Gasteiger charge is 2.15. The Kier molecular flexibility index (Phi) is 3.60. The fraction of sp³-hybridized carbons (Fsp3) is 0.500. The molecule has 15 heavy (non-hydrogen) atoms. The molecule has 0 saturated heterocycles. The molecular formula is C10H16N4O. The van der Waals surface area contributed by atoms with E-state index in [2.05, 4.69) is 10.1 Å². The Labute approximate surface area is 89.4 Å². The summed E-state index contributed by atoms with van der Waals surface area (Å²) >= 11 is 0. The van der Waals surface area contributed by atoms with Crippen LogP contribution in [0.4, 0.5) is 0 Å². The van der Waals surface area contributed by atoms with Gasteiger partial charge in [-0.05, 0) is 26.8 Å². The molecule has 0 fully saturated rings. The second kappa shape index (κ2) is 4.72. The molecule has 0 spiro atoms. The van der Waals surface area contributed by atoms with E-state index in [1.807, 2.05) is 26.8 Å². The van der Waals surface area contributed by atoms with Crippen molar-refractivity contribution in [3.63, 3.8) is 0 Å². The molecule has 0 aromatic heterocycles. The summed E-state index contributed by atoms with van der Waals surface area (Å²) in [4.78, 5) is 14.9. The standard InChI is InChI=1S/C10H16N4O/c1-7-6-8(2)14(9(3)13-7)12-5-4-10(11)15/h5-6,9H,4H2,1-3H3,(H2,11,15)/b12-5-. The van der Waals surface area contributed by atoms with Crippen molar-refractivity contribution in [3.05, 3.63) is 11.8 Å². The smallest absolute Gasteiger partial charge is 0.222 e. The quantitative estimate of drug-likeness (QED) is 0.699. The molecule has 0 aromatic rings. The van der Waals surface area contributed by atoms with Crippen LogP contribution in [-0.2, 0) is 4.79 Å². The van der Waals surface area contributed by atoms with Crippen LogP contribution in [0.25, 0.3) is 0 Å². The Morgan fingerprint density at radius 1 is 1.73 bits per heavy atom. The number of carbonyl (C=O) groups excluding carboxylic acids is 1. The van der Waals surface area contributed by atoms with Crippen LogP contribution in [0.1, 0.15) is 27.2 Å². The number of amides is 1. The van der Waals surface area contributed by atoms with Crippen LogP contribution in [0.2, 0.25) is 0 Å². The third-order valence-electron chi connectivity index (χ3n) is 2.02. The Morgan fingerprint density at radius 2 is 2.40 bits per heavy atom. The highest BCUT2D eigenvalue weighted by molar-refractivity contribution is 5.94. The van der Waals surface area contributed by atoms with Gasteiger partial charge in [0.1, 0.15) is 6.17 Å². The Bertz CT molecular complexity index is 343. The molecule has 0 saturated carbocycles. The third kappa shape index (κ3) is 3.19. The van der Waals surface area contributed by atoms with Gasteiger partial charge in [-0.2, -0.15) is 5.10 Å². The van der Waals surface area contributed by atoms with Crippen molar-refractivity contribution in [3.8, 4) is 0 Å². The zero-order valence-electron chi connectivity index (χ0n) is 9.27. The van der Waals surface area contributed by atoms with E-state index in [1.54, 1.807) is 5.01 Å². The van der Waals surface area contributed by atoms with E-state index in [0.29, 0.717) is 0 Å². The molecule has 0 aromatic carbocycles. The van der Waals surface area contributed by atoms with Crippen molar-refractivity contribution >= 4 is 17.8 Å². The summed E-state index contributed by atoms with van der Waals surface area (Å²) in [5.41, 5.74) is 7.01. The molecule has 5 heteroatoms. The van der Waals surface area contributed by atoms with Crippen LogP contribution in [0.3, 0.4) is 0 Å². The van der Waals surface area contributed by atoms with Crippen molar-refractivity contribution < 1.29 is 4.79 Å². The summed E-state index contributed by atoms with van der Waals surface area (Å²) in [7, 11) is 0. The van der Waals surface area contributed by atoms with E-state index in [4.69, 9.17) is 5.73 Å². The average molecular weight is 208 g/mol. The average Bonchev–Trinajstić information content (AvgIpc) is 2.08. The predicted molar refractivity (Wildman–Crippen MR) is 60.5 cm³/mol. The third-order valence-corrected chi connectivity index (χ3v) is 2.02. The summed E-state index contributed by atoms with van der Waals surface area (Å²) < 4.78 is 0. The number of hydrogen-bond acceptors (Lipinski definition) is 4. The topological polar surface area (TPSA) is 71.1 Å². The molecule has 1 aliphatic heterocycles. The molecule has 1 atom stereocenters. The molecule has 1 aliphatic rings. The molecule has 0 aliphatic carbocycles. The van der Waals surface area contributed by atoms with Gasteiger partial charge in [-0.25, -0.2) is 5.01 Å². The van der Waals surface area contributed by atoms with E-state index in [9.17, 15) is 4.79 Å². The van der Waals surface area contributed by atoms with Gasteiger partial charge in [0.15, 0.2) is 0 Å². The normalized spacial score (nSPS) is 21.5. The van der Waals surface area contributed by atoms with Crippen LogP contribution < -0.4 is 5.73 Å². The van der Waals surface area contributed by atoms with E-state index < -0.39 is 0 Å². The lowest BCUT2D eigenvalue weighted by Crippen LogP contribution is -2.29. The first-order chi connectivity index (χ1) is 7.00. The fourth-order valence-corrected chi connectivity index (χ4v) is 1.46. The molecule has 1 unspecified atom stereocenters. The minimum Gasteiger partial charge on any atom is -0.369 e. The second-order valence-corrected chi connectivity index (χ2v) is 3.50. The second-order valence-electron chi connectivity index (χ2n) is 3.50. The van der Waals surface area contributed by atoms with Gasteiger partial charge in [-0.1, -0.05) is 0 Å². The van der Waals surface area contributed by atoms with Crippen molar-refractivity contribution in [1.29, 1.82) is 0 Å². The lowest BCUT2D eigenvalue weighted by Gasteiger charge is -2.27. The van der Waals surface area contributed by atoms with E-state index in [1.165, 1.54) is 6.21 Å². The molecule has 0 radical (unpaired) electrons. The highest BCUT2D eigenvalue weighted by Crippen LogP contribution is 2.15. The number of nitrogens with zero attached hydrogens (tertiary/aromatic N) is 3. The number of carbonyl (C=O) groups is 1. The van der Waals surface area contributed by atoms with Gasteiger partial charge >= 0.3 is 0 Å². The molecule has 82 valence electrons. The van der Waals surface area contributed by atoms with Crippen LogP contribution >= 0.6 is 0 Å². The summed E-state index contributed by atoms with van der Waals surface area (Å²) in [6.45, 7) is 5.85. The van der Waals surface area contributed by atoms with E-state index in [0.717, 1.165) is 11.4 Å². The number of nitrogens with two attached hydrogens (primary N) is 1. The van der Waals surface area contributed by atoms with Crippen molar-refractivity contribution in [2.24, 2.45) is 15.8 Å². The summed E-state index contributed by atoms with van der Waals surface area (Å²) in [6, 6.07) is 0. The van der Waals surface area contributed by atoms with Crippen LogP contribution in [0.5, 0.6) is 0 Å². The zero-order chi connectivity index (χ0) is 11.4. The number of hydrogen-bond donors (Lipinski definition) is 1. The van der Waals surface area contributed by atoms with Gasteiger partial charge < -0.3 is 5.73 Å². The van der Waals surface area contributed by atoms with Crippen molar-refractivity contribution in [2.75, 3.05) is 0 Å². The van der Waals surface area contributed by atoms with E-state index in [-0.39, 0.29) is 18.5 Å². The lowest BCUT2D eigenvalue weighted by atomic mass is 10.2. The van der Waals surface area contributed by atoms with Gasteiger partial charge in [-0.15, -0.1) is 0 Å². The number of rotatable bonds is 3. The first-order valence-electron chi connectivity index (χ1n) is 4.83. The highest BCUT2D eigenvalue weighted by atomic mass is 16.1. The minimum absolute atomic E-state index is 0.0286. The van der Waals surface area contributed by atoms with Gasteiger partial charge in [0.05, 0.1) is 6.42 Å². The monoisotopic (exact) mass is 208 g/mol. The predicted octanol–water partition coefficient (Wildman–Crippen LogP) is 0.874. The van der Waals surface area contributed by atoms with Crippen LogP contribution in [-0.4, -0.2) is 29.0 Å². The van der Waals surface area contributed by atoms with Crippen molar-refractivity contribution in [2.45, 2.75) is 33.4 Å². The maximum absolute atomic E-state index is 10.5. The van der Waals surface area contributed by atoms with E-state index >= 15 is 0 Å². The largest absolute Gasteiger partial charge is 0.369 e. The summed E-state index contributed by atoms with van der Waals surface area (Å²) in [6.07, 6.45) is 3.58. The Balaban J connectivity index is 2.68. The minimum atomic E-state index is -0.385. The van der Waals surface area contributed by atoms with Gasteiger partial charge in [0, 0.05) is 17.6 Å². The van der Waals surface area contributed by atoms with Crippen molar-refractivity contribution in [1.82, 2.24) is 5.01 Å². The first-order valence-corrected chi connectivity index (χ1v) is 4.83. The van der Waals surface area contributed by atoms with Crippen LogP contribution in [0.15, 0.2) is 21.9 Å². The fourth-order valence-electron chi connectivity index (χ4n) is 1.46. The number of hydrazone groups is 1. The molecule has 2 N–H and O–H groups in total. The molecule has 1 rings (SSSR count). The number of allylic oxidation sites excluding steroid dienone is 2.